The second-order valence-corrected chi connectivity index (χ2v) is 10.6. The van der Waals surface area contributed by atoms with Crippen molar-refractivity contribution in [3.05, 3.63) is 64.9 Å². The van der Waals surface area contributed by atoms with E-state index in [1.807, 2.05) is 41.0 Å². The Hall–Kier alpha value is -2.58. The molecule has 0 radical (unpaired) electrons. The lowest BCUT2D eigenvalue weighted by Gasteiger charge is -2.43. The lowest BCUT2D eigenvalue weighted by Crippen LogP contribution is -2.49. The summed E-state index contributed by atoms with van der Waals surface area (Å²) in [5.41, 5.74) is 0.971. The molecule has 0 bridgehead atoms. The number of nitrogens with one attached hydrogen (secondary N) is 1. The molecule has 0 saturated carbocycles. The molecule has 36 heavy (non-hydrogen) atoms. The van der Waals surface area contributed by atoms with Crippen molar-refractivity contribution in [2.24, 2.45) is 5.92 Å². The van der Waals surface area contributed by atoms with Crippen LogP contribution in [0, 0.1) is 17.6 Å². The van der Waals surface area contributed by atoms with Crippen molar-refractivity contribution in [3.8, 4) is 5.75 Å². The minimum atomic E-state index is -1.51. The van der Waals surface area contributed by atoms with Crippen LogP contribution in [0.1, 0.15) is 50.1 Å². The molecule has 4 nitrogen and oxygen atoms in total. The van der Waals surface area contributed by atoms with Gasteiger partial charge in [-0.05, 0) is 38.3 Å². The van der Waals surface area contributed by atoms with Gasteiger partial charge in [-0.1, -0.05) is 25.1 Å². The van der Waals surface area contributed by atoms with E-state index >= 15 is 13.2 Å². The standard InChI is InChI=1S/C28H33F4N3O/c1-4-28(3,32)15-35-17(2)9-21-20-7-5-6-8-24(20)33-26(21)27(35)25-22(30)10-19(11-23(25)31)36-16-34-13-18(12-29)14-34/h5-8,10-11,17-18,27,33H,4,9,12-16H2,1-3H3/t17-,27-,28-/m1/s1. The molecule has 0 amide bonds. The molecule has 2 aliphatic rings. The zero-order valence-corrected chi connectivity index (χ0v) is 21.0. The first-order valence-electron chi connectivity index (χ1n) is 12.6. The number of aromatic amines is 1. The summed E-state index contributed by atoms with van der Waals surface area (Å²) >= 11 is 0. The van der Waals surface area contributed by atoms with E-state index in [0.29, 0.717) is 31.6 Å². The second-order valence-electron chi connectivity index (χ2n) is 10.6. The highest BCUT2D eigenvalue weighted by Gasteiger charge is 2.41. The monoisotopic (exact) mass is 503 g/mol. The number of aromatic nitrogens is 1. The molecule has 3 heterocycles. The molecular formula is C28H33F4N3O. The zero-order valence-electron chi connectivity index (χ0n) is 21.0. The van der Waals surface area contributed by atoms with Gasteiger partial charge in [0.05, 0.1) is 12.7 Å². The van der Waals surface area contributed by atoms with E-state index in [4.69, 9.17) is 4.74 Å². The lowest BCUT2D eigenvalue weighted by atomic mass is 9.86. The number of likely N-dealkylation sites (tertiary alicyclic amines) is 1. The van der Waals surface area contributed by atoms with Crippen LogP contribution in [-0.4, -0.2) is 59.5 Å². The Balaban J connectivity index is 1.52. The van der Waals surface area contributed by atoms with E-state index < -0.39 is 23.3 Å². The zero-order chi connectivity index (χ0) is 25.6. The molecule has 2 aliphatic heterocycles. The summed E-state index contributed by atoms with van der Waals surface area (Å²) in [6.45, 7) is 6.23. The summed E-state index contributed by atoms with van der Waals surface area (Å²) < 4.78 is 64.9. The van der Waals surface area contributed by atoms with Gasteiger partial charge in [-0.3, -0.25) is 14.2 Å². The van der Waals surface area contributed by atoms with Crippen molar-refractivity contribution >= 4 is 10.9 Å². The normalized spacial score (nSPS) is 22.9. The Labute approximate surface area is 209 Å². The summed E-state index contributed by atoms with van der Waals surface area (Å²) in [5.74, 6) is -1.39. The third kappa shape index (κ3) is 4.61. The van der Waals surface area contributed by atoms with Gasteiger partial charge in [0.2, 0.25) is 0 Å². The number of halogens is 4. The third-order valence-electron chi connectivity index (χ3n) is 7.76. The van der Waals surface area contributed by atoms with Gasteiger partial charge in [0.25, 0.3) is 0 Å². The van der Waals surface area contributed by atoms with Gasteiger partial charge in [0.15, 0.2) is 0 Å². The first-order valence-corrected chi connectivity index (χ1v) is 12.6. The maximum Gasteiger partial charge on any atom is 0.142 e. The van der Waals surface area contributed by atoms with Crippen molar-refractivity contribution in [1.29, 1.82) is 0 Å². The third-order valence-corrected chi connectivity index (χ3v) is 7.76. The van der Waals surface area contributed by atoms with Gasteiger partial charge in [-0.25, -0.2) is 13.2 Å². The molecule has 1 fully saturated rings. The van der Waals surface area contributed by atoms with Crippen molar-refractivity contribution < 1.29 is 22.3 Å². The maximum atomic E-state index is 15.7. The van der Waals surface area contributed by atoms with E-state index in [2.05, 4.69) is 4.98 Å². The summed E-state index contributed by atoms with van der Waals surface area (Å²) in [5, 5.41) is 1.02. The van der Waals surface area contributed by atoms with Gasteiger partial charge in [0.1, 0.15) is 29.8 Å². The van der Waals surface area contributed by atoms with E-state index in [1.165, 1.54) is 19.1 Å². The van der Waals surface area contributed by atoms with Gasteiger partial charge in [-0.2, -0.15) is 0 Å². The molecule has 194 valence electrons. The summed E-state index contributed by atoms with van der Waals surface area (Å²) in [4.78, 5) is 7.14. The van der Waals surface area contributed by atoms with Crippen LogP contribution >= 0.6 is 0 Å². The van der Waals surface area contributed by atoms with Crippen LogP contribution in [0.5, 0.6) is 5.75 Å². The molecule has 0 aliphatic carbocycles. The molecule has 3 aromatic rings. The molecule has 2 aromatic carbocycles. The molecule has 0 spiro atoms. The Kier molecular flexibility index (Phi) is 6.76. The summed E-state index contributed by atoms with van der Waals surface area (Å²) in [6.07, 6.45) is 0.940. The van der Waals surface area contributed by atoms with Crippen LogP contribution in [0.2, 0.25) is 0 Å². The van der Waals surface area contributed by atoms with Crippen molar-refractivity contribution in [2.45, 2.75) is 51.4 Å². The molecule has 0 unspecified atom stereocenters. The average Bonchev–Trinajstić information content (AvgIpc) is 3.17. The van der Waals surface area contributed by atoms with Crippen LogP contribution < -0.4 is 4.74 Å². The second kappa shape index (κ2) is 9.71. The fraction of sp³-hybridized carbons (Fsp3) is 0.500. The number of hydrogen-bond acceptors (Lipinski definition) is 3. The number of fused-ring (bicyclic) bond motifs is 3. The first-order chi connectivity index (χ1) is 17.2. The predicted molar refractivity (Wildman–Crippen MR) is 133 cm³/mol. The minimum Gasteiger partial charge on any atom is -0.478 e. The summed E-state index contributed by atoms with van der Waals surface area (Å²) in [6, 6.07) is 9.25. The topological polar surface area (TPSA) is 31.5 Å². The van der Waals surface area contributed by atoms with Crippen LogP contribution in [0.15, 0.2) is 36.4 Å². The predicted octanol–water partition coefficient (Wildman–Crippen LogP) is 6.16. The van der Waals surface area contributed by atoms with Crippen molar-refractivity contribution in [2.75, 3.05) is 33.0 Å². The van der Waals surface area contributed by atoms with Crippen molar-refractivity contribution in [3.63, 3.8) is 0 Å². The number of benzene rings is 2. The van der Waals surface area contributed by atoms with Crippen LogP contribution in [0.3, 0.4) is 0 Å². The number of para-hydroxylation sites is 1. The molecule has 3 atom stereocenters. The highest BCUT2D eigenvalue weighted by Crippen LogP contribution is 2.44. The van der Waals surface area contributed by atoms with Crippen LogP contribution in [-0.2, 0) is 6.42 Å². The average molecular weight is 504 g/mol. The molecule has 8 heteroatoms. The SMILES string of the molecule is CC[C@@](C)(F)CN1[C@H](c2c(F)cc(OCN3CC(CF)C3)cc2F)c2[nH]c3ccccc3c2C[C@H]1C. The quantitative estimate of drug-likeness (QED) is 0.374. The highest BCUT2D eigenvalue weighted by atomic mass is 19.1. The first kappa shape index (κ1) is 25.1. The Morgan fingerprint density at radius 3 is 2.50 bits per heavy atom. The maximum absolute atomic E-state index is 15.7. The van der Waals surface area contributed by atoms with Crippen LogP contribution in [0.4, 0.5) is 17.6 Å². The number of rotatable bonds is 8. The largest absolute Gasteiger partial charge is 0.478 e. The van der Waals surface area contributed by atoms with Gasteiger partial charge >= 0.3 is 0 Å². The van der Waals surface area contributed by atoms with E-state index in [0.717, 1.165) is 16.5 Å². The summed E-state index contributed by atoms with van der Waals surface area (Å²) in [7, 11) is 0. The van der Waals surface area contributed by atoms with Crippen LogP contribution in [0.25, 0.3) is 10.9 Å². The van der Waals surface area contributed by atoms with Gasteiger partial charge in [-0.15, -0.1) is 0 Å². The number of nitrogens with zero attached hydrogens (tertiary/aromatic N) is 2. The smallest absolute Gasteiger partial charge is 0.142 e. The van der Waals surface area contributed by atoms with E-state index in [-0.39, 0.29) is 43.2 Å². The number of hydrogen-bond donors (Lipinski definition) is 1. The Morgan fingerprint density at radius 1 is 1.14 bits per heavy atom. The van der Waals surface area contributed by atoms with Gasteiger partial charge < -0.3 is 9.72 Å². The van der Waals surface area contributed by atoms with Crippen molar-refractivity contribution in [1.82, 2.24) is 14.8 Å². The fourth-order valence-electron chi connectivity index (χ4n) is 5.51. The number of ether oxygens (including phenoxy) is 1. The molecule has 1 aromatic heterocycles. The fourth-order valence-corrected chi connectivity index (χ4v) is 5.51. The molecule has 1 N–H and O–H groups in total. The number of alkyl halides is 2. The molecular weight excluding hydrogens is 470 g/mol. The number of H-pyrrole nitrogens is 1. The Morgan fingerprint density at radius 2 is 1.83 bits per heavy atom. The Bertz CT molecular complexity index is 1210. The van der Waals surface area contributed by atoms with E-state index in [9.17, 15) is 4.39 Å². The van der Waals surface area contributed by atoms with Gasteiger partial charge in [0, 0.05) is 65.9 Å². The highest BCUT2D eigenvalue weighted by molar-refractivity contribution is 5.85. The molecule has 1 saturated heterocycles. The lowest BCUT2D eigenvalue weighted by molar-refractivity contribution is 0.0151. The molecule has 5 rings (SSSR count). The minimum absolute atomic E-state index is 0.00135. The van der Waals surface area contributed by atoms with E-state index in [1.54, 1.807) is 6.92 Å².